The molecule has 2 aromatic carbocycles. The highest BCUT2D eigenvalue weighted by Crippen LogP contribution is 2.24. The molecule has 0 aliphatic carbocycles. The van der Waals surface area contributed by atoms with Crippen LogP contribution in [-0.4, -0.2) is 30.5 Å². The maximum atomic E-state index is 13.3. The second-order valence-electron chi connectivity index (χ2n) is 5.70. The molecule has 0 spiro atoms. The average molecular weight is 384 g/mol. The van der Waals surface area contributed by atoms with Gasteiger partial charge in [-0.05, 0) is 24.3 Å². The van der Waals surface area contributed by atoms with Crippen LogP contribution in [0.5, 0.6) is 0 Å². The first-order valence-corrected chi connectivity index (χ1v) is 9.12. The number of benzene rings is 2. The molecule has 0 unspecified atom stereocenters. The van der Waals surface area contributed by atoms with Gasteiger partial charge in [0.2, 0.25) is 0 Å². The van der Waals surface area contributed by atoms with Crippen LogP contribution in [0.4, 0.5) is 4.39 Å². The quantitative estimate of drug-likeness (QED) is 0.658. The minimum Gasteiger partial charge on any atom is -0.465 e. The van der Waals surface area contributed by atoms with Crippen molar-refractivity contribution < 1.29 is 18.7 Å². The van der Waals surface area contributed by atoms with Gasteiger partial charge in [0, 0.05) is 23.9 Å². The molecule has 0 fully saturated rings. The lowest BCUT2D eigenvalue weighted by Gasteiger charge is -2.08. The summed E-state index contributed by atoms with van der Waals surface area (Å²) in [7, 11) is 1.27. The van der Waals surface area contributed by atoms with Gasteiger partial charge in [-0.3, -0.25) is 4.79 Å². The Bertz CT molecular complexity index is 971. The Labute approximate surface area is 159 Å². The molecule has 0 saturated carbocycles. The highest BCUT2D eigenvalue weighted by molar-refractivity contribution is 7.13. The Kier molecular flexibility index (Phi) is 5.93. The SMILES string of the molecule is COC(=O)c1ccccc1C(=O)NCCc1csc(-c2cccc(F)c2)n1. The highest BCUT2D eigenvalue weighted by atomic mass is 32.1. The fourth-order valence-corrected chi connectivity index (χ4v) is 3.40. The number of thiazole rings is 1. The van der Waals surface area contributed by atoms with Gasteiger partial charge in [0.25, 0.3) is 5.91 Å². The van der Waals surface area contributed by atoms with E-state index in [1.165, 1.54) is 30.6 Å². The van der Waals surface area contributed by atoms with Crippen molar-refractivity contribution in [2.45, 2.75) is 6.42 Å². The molecular weight excluding hydrogens is 367 g/mol. The molecular formula is C20H17FN2O3S. The van der Waals surface area contributed by atoms with Crippen molar-refractivity contribution in [3.8, 4) is 10.6 Å². The first-order valence-electron chi connectivity index (χ1n) is 8.24. The molecule has 1 N–H and O–H groups in total. The lowest BCUT2D eigenvalue weighted by molar-refractivity contribution is 0.0596. The Morgan fingerprint density at radius 3 is 2.67 bits per heavy atom. The van der Waals surface area contributed by atoms with E-state index in [0.29, 0.717) is 13.0 Å². The predicted molar refractivity (Wildman–Crippen MR) is 101 cm³/mol. The van der Waals surface area contributed by atoms with E-state index in [0.717, 1.165) is 16.3 Å². The zero-order valence-corrected chi connectivity index (χ0v) is 15.4. The van der Waals surface area contributed by atoms with Gasteiger partial charge in [0.1, 0.15) is 10.8 Å². The zero-order chi connectivity index (χ0) is 19.2. The van der Waals surface area contributed by atoms with E-state index in [1.807, 2.05) is 5.38 Å². The van der Waals surface area contributed by atoms with Gasteiger partial charge in [-0.2, -0.15) is 0 Å². The maximum Gasteiger partial charge on any atom is 0.338 e. The molecule has 1 amide bonds. The van der Waals surface area contributed by atoms with Gasteiger partial charge < -0.3 is 10.1 Å². The Morgan fingerprint density at radius 2 is 1.93 bits per heavy atom. The number of esters is 1. The molecule has 7 heteroatoms. The molecule has 0 bridgehead atoms. The number of methoxy groups -OCH3 is 1. The van der Waals surface area contributed by atoms with Crippen molar-refractivity contribution in [1.82, 2.24) is 10.3 Å². The molecule has 0 saturated heterocycles. The number of hydrogen-bond donors (Lipinski definition) is 1. The van der Waals surface area contributed by atoms with Gasteiger partial charge in [0.15, 0.2) is 0 Å². The van der Waals surface area contributed by atoms with Crippen molar-refractivity contribution >= 4 is 23.2 Å². The minimum absolute atomic E-state index is 0.222. The molecule has 5 nitrogen and oxygen atoms in total. The maximum absolute atomic E-state index is 13.3. The lowest BCUT2D eigenvalue weighted by Crippen LogP contribution is -2.27. The predicted octanol–water partition coefficient (Wildman–Crippen LogP) is 3.71. The molecule has 138 valence electrons. The lowest BCUT2D eigenvalue weighted by atomic mass is 10.1. The van der Waals surface area contributed by atoms with Crippen LogP contribution in [0, 0.1) is 5.82 Å². The molecule has 3 aromatic rings. The number of nitrogens with zero attached hydrogens (tertiary/aromatic N) is 1. The monoisotopic (exact) mass is 384 g/mol. The van der Waals surface area contributed by atoms with E-state index in [1.54, 1.807) is 36.4 Å². The van der Waals surface area contributed by atoms with Gasteiger partial charge in [-0.15, -0.1) is 11.3 Å². The first kappa shape index (κ1) is 18.7. The van der Waals surface area contributed by atoms with E-state index in [9.17, 15) is 14.0 Å². The van der Waals surface area contributed by atoms with Crippen LogP contribution >= 0.6 is 11.3 Å². The van der Waals surface area contributed by atoms with Crippen LogP contribution in [0.2, 0.25) is 0 Å². The van der Waals surface area contributed by atoms with Gasteiger partial charge in [-0.1, -0.05) is 24.3 Å². The molecule has 0 aliphatic rings. The van der Waals surface area contributed by atoms with Crippen LogP contribution in [0.1, 0.15) is 26.4 Å². The fraction of sp³-hybridized carbons (Fsp3) is 0.150. The van der Waals surface area contributed by atoms with E-state index >= 15 is 0 Å². The van der Waals surface area contributed by atoms with E-state index in [4.69, 9.17) is 4.74 Å². The van der Waals surface area contributed by atoms with Crippen LogP contribution in [0.25, 0.3) is 10.6 Å². The zero-order valence-electron chi connectivity index (χ0n) is 14.6. The summed E-state index contributed by atoms with van der Waals surface area (Å²) in [5.41, 5.74) is 2.02. The normalized spacial score (nSPS) is 10.4. The second-order valence-corrected chi connectivity index (χ2v) is 6.56. The van der Waals surface area contributed by atoms with Crippen LogP contribution < -0.4 is 5.32 Å². The van der Waals surface area contributed by atoms with E-state index in [2.05, 4.69) is 10.3 Å². The van der Waals surface area contributed by atoms with Crippen molar-refractivity contribution in [3.63, 3.8) is 0 Å². The highest BCUT2D eigenvalue weighted by Gasteiger charge is 2.16. The molecule has 3 rings (SSSR count). The van der Waals surface area contributed by atoms with Crippen LogP contribution in [0.3, 0.4) is 0 Å². The van der Waals surface area contributed by atoms with E-state index < -0.39 is 5.97 Å². The number of halogens is 1. The third kappa shape index (κ3) is 4.57. The third-order valence-electron chi connectivity index (χ3n) is 3.87. The number of nitrogens with one attached hydrogen (secondary N) is 1. The summed E-state index contributed by atoms with van der Waals surface area (Å²) in [5, 5.41) is 5.40. The van der Waals surface area contributed by atoms with Crippen molar-refractivity contribution in [2.75, 3.05) is 13.7 Å². The number of rotatable bonds is 6. The van der Waals surface area contributed by atoms with E-state index in [-0.39, 0.29) is 22.9 Å². The number of aromatic nitrogens is 1. The summed E-state index contributed by atoms with van der Waals surface area (Å²) >= 11 is 1.42. The molecule has 0 atom stereocenters. The number of carbonyl (C=O) groups excluding carboxylic acids is 2. The molecule has 0 radical (unpaired) electrons. The Balaban J connectivity index is 1.61. The molecule has 0 aliphatic heterocycles. The second kappa shape index (κ2) is 8.55. The number of amides is 1. The Morgan fingerprint density at radius 1 is 1.15 bits per heavy atom. The van der Waals surface area contributed by atoms with Crippen molar-refractivity contribution in [1.29, 1.82) is 0 Å². The average Bonchev–Trinajstić information content (AvgIpc) is 3.16. The summed E-state index contributed by atoms with van der Waals surface area (Å²) in [4.78, 5) is 28.6. The fourth-order valence-electron chi connectivity index (χ4n) is 2.54. The summed E-state index contributed by atoms with van der Waals surface area (Å²) in [5.74, 6) is -1.21. The van der Waals surface area contributed by atoms with Crippen LogP contribution in [0.15, 0.2) is 53.9 Å². The third-order valence-corrected chi connectivity index (χ3v) is 4.81. The summed E-state index contributed by atoms with van der Waals surface area (Å²) < 4.78 is 18.0. The van der Waals surface area contributed by atoms with Crippen molar-refractivity contribution in [2.24, 2.45) is 0 Å². The summed E-state index contributed by atoms with van der Waals surface area (Å²) in [6, 6.07) is 12.8. The standard InChI is InChI=1S/C20H17FN2O3S/c1-26-20(25)17-8-3-2-7-16(17)18(24)22-10-9-15-12-27-19(23-15)13-5-4-6-14(21)11-13/h2-8,11-12H,9-10H2,1H3,(H,22,24). The van der Waals surface area contributed by atoms with Gasteiger partial charge in [-0.25, -0.2) is 14.2 Å². The first-order chi connectivity index (χ1) is 13.1. The summed E-state index contributed by atoms with van der Waals surface area (Å²) in [6.45, 7) is 0.362. The molecule has 27 heavy (non-hydrogen) atoms. The summed E-state index contributed by atoms with van der Waals surface area (Å²) in [6.07, 6.45) is 0.526. The number of carbonyl (C=O) groups is 2. The number of hydrogen-bond acceptors (Lipinski definition) is 5. The van der Waals surface area contributed by atoms with Crippen LogP contribution in [-0.2, 0) is 11.2 Å². The largest absolute Gasteiger partial charge is 0.465 e. The molecule has 1 aromatic heterocycles. The number of ether oxygens (including phenoxy) is 1. The topological polar surface area (TPSA) is 68.3 Å². The van der Waals surface area contributed by atoms with Gasteiger partial charge in [0.05, 0.1) is 23.9 Å². The molecule has 1 heterocycles. The smallest absolute Gasteiger partial charge is 0.338 e. The van der Waals surface area contributed by atoms with Gasteiger partial charge >= 0.3 is 5.97 Å². The minimum atomic E-state index is -0.556. The Hall–Kier alpha value is -3.06. The van der Waals surface area contributed by atoms with Crippen molar-refractivity contribution in [3.05, 3.63) is 76.5 Å².